The lowest BCUT2D eigenvalue weighted by Crippen LogP contribution is -2.05. The molecule has 0 fully saturated rings. The van der Waals surface area contributed by atoms with Crippen LogP contribution in [0.4, 0.5) is 0 Å². The Bertz CT molecular complexity index is 403. The van der Waals surface area contributed by atoms with Crippen LogP contribution in [-0.2, 0) is 0 Å². The van der Waals surface area contributed by atoms with Crippen LogP contribution >= 0.6 is 0 Å². The van der Waals surface area contributed by atoms with E-state index >= 15 is 0 Å². The quantitative estimate of drug-likeness (QED) is 0.360. The van der Waals surface area contributed by atoms with E-state index in [1.54, 1.807) is 6.08 Å². The lowest BCUT2D eigenvalue weighted by atomic mass is 10.1. The average molecular weight is 276 g/mol. The van der Waals surface area contributed by atoms with E-state index in [4.69, 9.17) is 5.11 Å². The van der Waals surface area contributed by atoms with E-state index in [1.807, 2.05) is 0 Å². The highest BCUT2D eigenvalue weighted by molar-refractivity contribution is 5.31. The molecule has 0 spiro atoms. The van der Waals surface area contributed by atoms with Crippen LogP contribution in [-0.4, -0.2) is 33.6 Å². The summed E-state index contributed by atoms with van der Waals surface area (Å²) >= 11 is 0. The molecule has 0 saturated carbocycles. The van der Waals surface area contributed by atoms with Crippen molar-refractivity contribution >= 4 is 0 Å². The van der Waals surface area contributed by atoms with Gasteiger partial charge in [0, 0.05) is 0 Å². The van der Waals surface area contributed by atoms with Gasteiger partial charge in [-0.05, 0) is 24.3 Å². The summed E-state index contributed by atoms with van der Waals surface area (Å²) in [5.41, 5.74) is 0. The topological polar surface area (TPSA) is 60.7 Å². The molecular formula is C17H24O3. The molecule has 3 heteroatoms. The number of aliphatic hydroxyl groups is 3. The molecule has 3 nitrogen and oxygen atoms in total. The van der Waals surface area contributed by atoms with Gasteiger partial charge in [0.2, 0.25) is 0 Å². The van der Waals surface area contributed by atoms with Gasteiger partial charge in [-0.1, -0.05) is 63.2 Å². The minimum atomic E-state index is -0.963. The summed E-state index contributed by atoms with van der Waals surface area (Å²) in [5.74, 6) is 9.75. The lowest BCUT2D eigenvalue weighted by molar-refractivity contribution is 0.205. The Morgan fingerprint density at radius 2 is 1.60 bits per heavy atom. The van der Waals surface area contributed by atoms with Gasteiger partial charge in [0.1, 0.15) is 12.2 Å². The fourth-order valence-electron chi connectivity index (χ4n) is 1.44. The Labute approximate surface area is 122 Å². The molecule has 110 valence electrons. The largest absolute Gasteiger partial charge is 0.389 e. The van der Waals surface area contributed by atoms with Crippen LogP contribution in [0.5, 0.6) is 0 Å². The molecule has 0 heterocycles. The minimum Gasteiger partial charge on any atom is -0.389 e. The molecule has 0 aliphatic rings. The van der Waals surface area contributed by atoms with Crippen molar-refractivity contribution in [3.63, 3.8) is 0 Å². The lowest BCUT2D eigenvalue weighted by Gasteiger charge is -2.05. The van der Waals surface area contributed by atoms with E-state index in [9.17, 15) is 10.2 Å². The summed E-state index contributed by atoms with van der Waals surface area (Å²) in [6, 6.07) is 0. The van der Waals surface area contributed by atoms with Crippen LogP contribution in [0, 0.1) is 23.7 Å². The molecule has 0 aromatic heterocycles. The van der Waals surface area contributed by atoms with Gasteiger partial charge < -0.3 is 15.3 Å². The van der Waals surface area contributed by atoms with Crippen molar-refractivity contribution in [2.24, 2.45) is 0 Å². The van der Waals surface area contributed by atoms with Gasteiger partial charge in [-0.3, -0.25) is 0 Å². The Morgan fingerprint density at radius 1 is 0.950 bits per heavy atom. The monoisotopic (exact) mass is 276 g/mol. The maximum absolute atomic E-state index is 9.66. The highest BCUT2D eigenvalue weighted by Gasteiger charge is 1.99. The smallest absolute Gasteiger partial charge is 0.134 e. The fraction of sp³-hybridized carbons (Fsp3) is 0.529. The second-order valence-corrected chi connectivity index (χ2v) is 4.47. The molecule has 3 unspecified atom stereocenters. The van der Waals surface area contributed by atoms with Gasteiger partial charge in [-0.25, -0.2) is 0 Å². The van der Waals surface area contributed by atoms with E-state index in [0.717, 1.165) is 12.8 Å². The van der Waals surface area contributed by atoms with Crippen molar-refractivity contribution in [2.45, 2.75) is 57.3 Å². The molecule has 20 heavy (non-hydrogen) atoms. The van der Waals surface area contributed by atoms with Crippen LogP contribution in [0.25, 0.3) is 0 Å². The number of hydrogen-bond donors (Lipinski definition) is 3. The second-order valence-electron chi connectivity index (χ2n) is 4.47. The Hall–Kier alpha value is -1.52. The first-order valence-electron chi connectivity index (χ1n) is 6.96. The van der Waals surface area contributed by atoms with Gasteiger partial charge in [0.25, 0.3) is 0 Å². The van der Waals surface area contributed by atoms with Gasteiger partial charge in [-0.2, -0.15) is 0 Å². The van der Waals surface area contributed by atoms with Gasteiger partial charge in [-0.15, -0.1) is 0 Å². The fourth-order valence-corrected chi connectivity index (χ4v) is 1.44. The Kier molecular flexibility index (Phi) is 11.6. The van der Waals surface area contributed by atoms with Crippen molar-refractivity contribution < 1.29 is 15.3 Å². The van der Waals surface area contributed by atoms with Crippen LogP contribution < -0.4 is 0 Å². The Morgan fingerprint density at radius 3 is 2.20 bits per heavy atom. The zero-order valence-electron chi connectivity index (χ0n) is 12.0. The van der Waals surface area contributed by atoms with Gasteiger partial charge >= 0.3 is 0 Å². The molecule has 0 amide bonds. The molecule has 3 atom stereocenters. The van der Waals surface area contributed by atoms with Gasteiger partial charge in [0.15, 0.2) is 0 Å². The van der Waals surface area contributed by atoms with E-state index in [2.05, 4.69) is 37.2 Å². The third-order valence-corrected chi connectivity index (χ3v) is 2.59. The summed E-state index contributed by atoms with van der Waals surface area (Å²) in [7, 11) is 0. The van der Waals surface area contributed by atoms with Crippen molar-refractivity contribution in [3.8, 4) is 23.7 Å². The van der Waals surface area contributed by atoms with Crippen LogP contribution in [0.15, 0.2) is 24.8 Å². The minimum absolute atomic E-state index is 0.544. The molecular weight excluding hydrogens is 252 g/mol. The average Bonchev–Trinajstić information content (AvgIpc) is 2.45. The molecule has 0 radical (unpaired) electrons. The number of rotatable bonds is 8. The van der Waals surface area contributed by atoms with Crippen LogP contribution in [0.3, 0.4) is 0 Å². The molecule has 3 N–H and O–H groups in total. The Balaban J connectivity index is 4.02. The zero-order valence-corrected chi connectivity index (χ0v) is 12.0. The molecule has 0 aliphatic carbocycles. The SMILES string of the molecule is C=CC(O)C#CC#CC(O)C=CC(O)CCCCCC. The molecule has 0 aromatic carbocycles. The number of unbranched alkanes of at least 4 members (excludes halogenated alkanes) is 3. The van der Waals surface area contributed by atoms with Crippen molar-refractivity contribution in [2.75, 3.05) is 0 Å². The predicted octanol–water partition coefficient (Wildman–Crippen LogP) is 1.79. The number of hydrogen-bond acceptors (Lipinski definition) is 3. The van der Waals surface area contributed by atoms with Crippen molar-refractivity contribution in [1.82, 2.24) is 0 Å². The second kappa shape index (κ2) is 12.5. The first-order chi connectivity index (χ1) is 9.60. The highest BCUT2D eigenvalue weighted by Crippen LogP contribution is 2.06. The van der Waals surface area contributed by atoms with E-state index < -0.39 is 18.3 Å². The summed E-state index contributed by atoms with van der Waals surface area (Å²) in [5, 5.41) is 28.2. The number of aliphatic hydroxyl groups excluding tert-OH is 3. The van der Waals surface area contributed by atoms with Crippen molar-refractivity contribution in [1.29, 1.82) is 0 Å². The third kappa shape index (κ3) is 11.6. The summed E-state index contributed by atoms with van der Waals surface area (Å²) < 4.78 is 0. The standard InChI is InChI=1S/C17H24O3/c1-3-5-6-7-11-16(19)13-14-17(20)12-9-8-10-15(18)4-2/h4,13-20H,2-3,5-7,11H2,1H3. The summed E-state index contributed by atoms with van der Waals surface area (Å²) in [4.78, 5) is 0. The first kappa shape index (κ1) is 18.5. The molecule has 0 saturated heterocycles. The zero-order chi connectivity index (χ0) is 15.2. The first-order valence-corrected chi connectivity index (χ1v) is 6.96. The van der Waals surface area contributed by atoms with E-state index in [0.29, 0.717) is 6.42 Å². The maximum Gasteiger partial charge on any atom is 0.134 e. The van der Waals surface area contributed by atoms with E-state index in [1.165, 1.54) is 25.0 Å². The third-order valence-electron chi connectivity index (χ3n) is 2.59. The van der Waals surface area contributed by atoms with Crippen LogP contribution in [0.2, 0.25) is 0 Å². The molecule has 0 rings (SSSR count). The molecule has 0 aliphatic heterocycles. The molecule has 0 bridgehead atoms. The maximum atomic E-state index is 9.66. The highest BCUT2D eigenvalue weighted by atomic mass is 16.3. The summed E-state index contributed by atoms with van der Waals surface area (Å²) in [6.07, 6.45) is 7.02. The normalized spacial score (nSPS) is 14.6. The summed E-state index contributed by atoms with van der Waals surface area (Å²) in [6.45, 7) is 5.51. The molecule has 0 aromatic rings. The van der Waals surface area contributed by atoms with Gasteiger partial charge in [0.05, 0.1) is 6.10 Å². The predicted molar refractivity (Wildman–Crippen MR) is 81.7 cm³/mol. The van der Waals surface area contributed by atoms with E-state index in [-0.39, 0.29) is 0 Å². The van der Waals surface area contributed by atoms with Crippen molar-refractivity contribution in [3.05, 3.63) is 24.8 Å². The van der Waals surface area contributed by atoms with Crippen LogP contribution in [0.1, 0.15) is 39.0 Å².